The molecule has 0 radical (unpaired) electrons. The molecule has 0 bridgehead atoms. The van der Waals surface area contributed by atoms with Crippen LogP contribution in [0.25, 0.3) is 5.69 Å². The van der Waals surface area contributed by atoms with Crippen LogP contribution in [0.5, 0.6) is 0 Å². The van der Waals surface area contributed by atoms with Gasteiger partial charge in [0, 0.05) is 36.2 Å². The van der Waals surface area contributed by atoms with E-state index in [2.05, 4.69) is 36.4 Å². The number of aromatic nitrogens is 4. The highest BCUT2D eigenvalue weighted by Gasteiger charge is 2.25. The van der Waals surface area contributed by atoms with Crippen LogP contribution in [0.2, 0.25) is 0 Å². The van der Waals surface area contributed by atoms with Crippen molar-refractivity contribution in [2.24, 2.45) is 0 Å². The minimum absolute atomic E-state index is 0.0496. The predicted molar refractivity (Wildman–Crippen MR) is 101 cm³/mol. The number of anilines is 1. The number of tetrazole rings is 1. The molecule has 0 spiro atoms. The number of hydrogen-bond donors (Lipinski definition) is 0. The molecule has 1 amide bonds. The minimum atomic E-state index is 0.0496. The highest BCUT2D eigenvalue weighted by Crippen LogP contribution is 2.19. The van der Waals surface area contributed by atoms with Gasteiger partial charge in [0.15, 0.2) is 0 Å². The number of carbonyl (C=O) groups is 1. The Kier molecular flexibility index (Phi) is 4.66. The van der Waals surface area contributed by atoms with Gasteiger partial charge in [0.2, 0.25) is 5.95 Å². The van der Waals surface area contributed by atoms with Crippen LogP contribution >= 0.6 is 15.9 Å². The molecule has 0 N–H and O–H groups in total. The third-order valence-electron chi connectivity index (χ3n) is 4.38. The van der Waals surface area contributed by atoms with E-state index in [0.29, 0.717) is 37.7 Å². The second-order valence-corrected chi connectivity index (χ2v) is 6.93. The van der Waals surface area contributed by atoms with Crippen LogP contribution in [0.15, 0.2) is 59.1 Å². The molecule has 8 heteroatoms. The zero-order valence-electron chi connectivity index (χ0n) is 14.0. The van der Waals surface area contributed by atoms with Crippen LogP contribution in [0, 0.1) is 0 Å². The number of carbonyl (C=O) groups excluding carboxylic acids is 1. The van der Waals surface area contributed by atoms with Gasteiger partial charge in [0.25, 0.3) is 5.91 Å². The van der Waals surface area contributed by atoms with Crippen molar-refractivity contribution in [2.45, 2.75) is 0 Å². The first-order chi connectivity index (χ1) is 12.7. The fourth-order valence-corrected chi connectivity index (χ4v) is 3.43. The van der Waals surface area contributed by atoms with E-state index in [4.69, 9.17) is 0 Å². The zero-order valence-corrected chi connectivity index (χ0v) is 15.6. The second kappa shape index (κ2) is 7.25. The second-order valence-electron chi connectivity index (χ2n) is 6.02. The molecule has 132 valence electrons. The van der Waals surface area contributed by atoms with Crippen LogP contribution in [0.4, 0.5) is 5.95 Å². The van der Waals surface area contributed by atoms with Crippen LogP contribution in [0.1, 0.15) is 10.4 Å². The average molecular weight is 413 g/mol. The molecule has 0 saturated carbocycles. The van der Waals surface area contributed by atoms with Gasteiger partial charge in [-0.25, -0.2) is 0 Å². The first kappa shape index (κ1) is 16.7. The summed E-state index contributed by atoms with van der Waals surface area (Å²) in [5.74, 6) is 0.749. The lowest BCUT2D eigenvalue weighted by atomic mass is 10.2. The van der Waals surface area contributed by atoms with E-state index >= 15 is 0 Å². The van der Waals surface area contributed by atoms with Gasteiger partial charge in [0.05, 0.1) is 5.69 Å². The Morgan fingerprint density at radius 1 is 0.962 bits per heavy atom. The fraction of sp³-hybridized carbons (Fsp3) is 0.222. The fourth-order valence-electron chi connectivity index (χ4n) is 3.03. The maximum absolute atomic E-state index is 12.7. The number of para-hydroxylation sites is 1. The Hall–Kier alpha value is -2.74. The van der Waals surface area contributed by atoms with Gasteiger partial charge in [-0.05, 0) is 40.8 Å². The van der Waals surface area contributed by atoms with E-state index in [9.17, 15) is 4.79 Å². The van der Waals surface area contributed by atoms with Gasteiger partial charge in [-0.15, -0.1) is 0 Å². The molecule has 0 unspecified atom stereocenters. The van der Waals surface area contributed by atoms with E-state index in [1.807, 2.05) is 59.5 Å². The summed E-state index contributed by atoms with van der Waals surface area (Å²) in [6.07, 6.45) is 0. The molecule has 1 fully saturated rings. The van der Waals surface area contributed by atoms with E-state index in [-0.39, 0.29) is 5.91 Å². The minimum Gasteiger partial charge on any atom is -0.336 e. The molecule has 26 heavy (non-hydrogen) atoms. The third kappa shape index (κ3) is 3.32. The first-order valence-electron chi connectivity index (χ1n) is 8.36. The Bertz CT molecular complexity index is 905. The summed E-state index contributed by atoms with van der Waals surface area (Å²) in [5.41, 5.74) is 1.61. The van der Waals surface area contributed by atoms with Crippen molar-refractivity contribution in [2.75, 3.05) is 31.1 Å². The highest BCUT2D eigenvalue weighted by atomic mass is 79.9. The molecule has 4 rings (SSSR count). The van der Waals surface area contributed by atoms with Gasteiger partial charge in [-0.3, -0.25) is 4.79 Å². The number of amides is 1. The maximum Gasteiger partial charge on any atom is 0.254 e. The molecule has 0 aliphatic carbocycles. The molecule has 1 aliphatic heterocycles. The molecule has 3 aromatic rings. The largest absolute Gasteiger partial charge is 0.336 e. The van der Waals surface area contributed by atoms with Gasteiger partial charge in [-0.2, -0.15) is 4.68 Å². The Morgan fingerprint density at radius 3 is 2.46 bits per heavy atom. The standard InChI is InChI=1S/C18H17BrN6O/c19-15-6-4-5-14(13-15)17(26)23-9-11-24(12-10-23)18-20-21-22-25(18)16-7-2-1-3-8-16/h1-8,13H,9-12H2. The van der Waals surface area contributed by atoms with Crippen LogP contribution in [-0.2, 0) is 0 Å². The van der Waals surface area contributed by atoms with Gasteiger partial charge in [0.1, 0.15) is 0 Å². The van der Waals surface area contributed by atoms with E-state index in [0.717, 1.165) is 10.2 Å². The summed E-state index contributed by atoms with van der Waals surface area (Å²) in [6, 6.07) is 17.3. The zero-order chi connectivity index (χ0) is 17.9. The average Bonchev–Trinajstić information content (AvgIpc) is 3.18. The normalized spacial score (nSPS) is 14.5. The molecule has 0 atom stereocenters. The number of piperazine rings is 1. The molecular formula is C18H17BrN6O. The number of benzene rings is 2. The molecule has 1 aliphatic rings. The summed E-state index contributed by atoms with van der Waals surface area (Å²) in [6.45, 7) is 2.64. The Morgan fingerprint density at radius 2 is 1.73 bits per heavy atom. The summed E-state index contributed by atoms with van der Waals surface area (Å²) in [4.78, 5) is 16.7. The molecule has 2 aromatic carbocycles. The lowest BCUT2D eigenvalue weighted by Crippen LogP contribution is -2.49. The molecule has 7 nitrogen and oxygen atoms in total. The third-order valence-corrected chi connectivity index (χ3v) is 4.87. The molecule has 1 saturated heterocycles. The molecular weight excluding hydrogens is 396 g/mol. The van der Waals surface area contributed by atoms with Crippen molar-refractivity contribution in [3.8, 4) is 5.69 Å². The smallest absolute Gasteiger partial charge is 0.254 e. The summed E-state index contributed by atoms with van der Waals surface area (Å²) >= 11 is 3.42. The number of rotatable bonds is 3. The van der Waals surface area contributed by atoms with Gasteiger partial charge in [-0.1, -0.05) is 45.3 Å². The SMILES string of the molecule is O=C(c1cccc(Br)c1)N1CCN(c2nnnn2-c2ccccc2)CC1. The van der Waals surface area contributed by atoms with Crippen molar-refractivity contribution in [1.82, 2.24) is 25.1 Å². The summed E-state index contributed by atoms with van der Waals surface area (Å²) < 4.78 is 2.63. The Balaban J connectivity index is 1.46. The van der Waals surface area contributed by atoms with Crippen LogP contribution in [0.3, 0.4) is 0 Å². The highest BCUT2D eigenvalue weighted by molar-refractivity contribution is 9.10. The topological polar surface area (TPSA) is 67.2 Å². The van der Waals surface area contributed by atoms with Crippen molar-refractivity contribution < 1.29 is 4.79 Å². The Labute approximate surface area is 159 Å². The van der Waals surface area contributed by atoms with E-state index in [1.165, 1.54) is 0 Å². The summed E-state index contributed by atoms with van der Waals surface area (Å²) in [5, 5.41) is 12.1. The summed E-state index contributed by atoms with van der Waals surface area (Å²) in [7, 11) is 0. The molecule has 1 aromatic heterocycles. The van der Waals surface area contributed by atoms with E-state index in [1.54, 1.807) is 4.68 Å². The first-order valence-corrected chi connectivity index (χ1v) is 9.15. The monoisotopic (exact) mass is 412 g/mol. The number of hydrogen-bond acceptors (Lipinski definition) is 5. The van der Waals surface area contributed by atoms with Crippen molar-refractivity contribution in [3.05, 3.63) is 64.6 Å². The number of nitrogens with zero attached hydrogens (tertiary/aromatic N) is 6. The quantitative estimate of drug-likeness (QED) is 0.660. The number of halogens is 1. The van der Waals surface area contributed by atoms with E-state index < -0.39 is 0 Å². The van der Waals surface area contributed by atoms with Crippen molar-refractivity contribution in [3.63, 3.8) is 0 Å². The lowest BCUT2D eigenvalue weighted by molar-refractivity contribution is 0.0746. The predicted octanol–water partition coefficient (Wildman–Crippen LogP) is 2.39. The van der Waals surface area contributed by atoms with Crippen molar-refractivity contribution in [1.29, 1.82) is 0 Å². The van der Waals surface area contributed by atoms with Crippen LogP contribution < -0.4 is 4.90 Å². The maximum atomic E-state index is 12.7. The van der Waals surface area contributed by atoms with Gasteiger partial charge < -0.3 is 9.80 Å². The molecule has 2 heterocycles. The van der Waals surface area contributed by atoms with Crippen molar-refractivity contribution >= 4 is 27.8 Å². The van der Waals surface area contributed by atoms with Crippen LogP contribution in [-0.4, -0.2) is 57.2 Å². The van der Waals surface area contributed by atoms with Gasteiger partial charge >= 0.3 is 0 Å². The lowest BCUT2D eigenvalue weighted by Gasteiger charge is -2.34.